The summed E-state index contributed by atoms with van der Waals surface area (Å²) in [6, 6.07) is 8.56. The Kier molecular flexibility index (Phi) is 2.89. The van der Waals surface area contributed by atoms with Gasteiger partial charge in [0.25, 0.3) is 0 Å². The highest BCUT2D eigenvalue weighted by Crippen LogP contribution is 2.30. The number of hydrogen-bond acceptors (Lipinski definition) is 2. The zero-order valence-corrected chi connectivity index (χ0v) is 10.7. The van der Waals surface area contributed by atoms with Crippen molar-refractivity contribution in [2.24, 2.45) is 11.1 Å². The highest BCUT2D eigenvalue weighted by molar-refractivity contribution is 7.80. The van der Waals surface area contributed by atoms with Gasteiger partial charge in [-0.25, -0.2) is 0 Å². The predicted octanol–water partition coefficient (Wildman–Crippen LogP) is 2.36. The van der Waals surface area contributed by atoms with Crippen molar-refractivity contribution >= 4 is 22.9 Å². The Morgan fingerprint density at radius 3 is 2.81 bits per heavy atom. The van der Waals surface area contributed by atoms with E-state index in [0.717, 1.165) is 19.5 Å². The van der Waals surface area contributed by atoms with Gasteiger partial charge in [0.05, 0.1) is 4.99 Å². The summed E-state index contributed by atoms with van der Waals surface area (Å²) in [6.45, 7) is 6.19. The molecule has 0 saturated heterocycles. The molecule has 1 aliphatic heterocycles. The monoisotopic (exact) mass is 234 g/mol. The summed E-state index contributed by atoms with van der Waals surface area (Å²) in [5.41, 5.74) is 8.44. The molecule has 2 nitrogen and oxygen atoms in total. The van der Waals surface area contributed by atoms with Gasteiger partial charge in [-0.1, -0.05) is 44.3 Å². The van der Waals surface area contributed by atoms with Gasteiger partial charge in [-0.05, 0) is 18.1 Å². The number of thiocarbonyl (C=S) groups is 1. The van der Waals surface area contributed by atoms with Crippen molar-refractivity contribution in [3.05, 3.63) is 29.8 Å². The van der Waals surface area contributed by atoms with Crippen molar-refractivity contribution in [1.82, 2.24) is 0 Å². The smallest absolute Gasteiger partial charge is 0.0802 e. The first-order chi connectivity index (χ1) is 7.50. The number of anilines is 1. The average molecular weight is 234 g/mol. The molecule has 0 bridgehead atoms. The van der Waals surface area contributed by atoms with Gasteiger partial charge < -0.3 is 10.6 Å². The van der Waals surface area contributed by atoms with E-state index >= 15 is 0 Å². The molecule has 0 fully saturated rings. The Balaban J connectivity index is 2.18. The summed E-state index contributed by atoms with van der Waals surface area (Å²) >= 11 is 5.12. The lowest BCUT2D eigenvalue weighted by atomic mass is 9.93. The van der Waals surface area contributed by atoms with E-state index in [2.05, 4.69) is 43.0 Å². The molecule has 0 unspecified atom stereocenters. The third kappa shape index (κ3) is 2.05. The van der Waals surface area contributed by atoms with Crippen LogP contribution in [0.1, 0.15) is 19.4 Å². The summed E-state index contributed by atoms with van der Waals surface area (Å²) in [5, 5.41) is 0. The SMILES string of the molecule is CC(C)(CN1CCc2ccccc21)C(N)=S. The number of fused-ring (bicyclic) bond motifs is 1. The normalized spacial score (nSPS) is 15.0. The Labute approximate surface area is 102 Å². The summed E-state index contributed by atoms with van der Waals surface area (Å²) in [4.78, 5) is 2.98. The summed E-state index contributed by atoms with van der Waals surface area (Å²) in [7, 11) is 0. The van der Waals surface area contributed by atoms with Crippen LogP contribution in [0.15, 0.2) is 24.3 Å². The lowest BCUT2D eigenvalue weighted by Gasteiger charge is -2.30. The van der Waals surface area contributed by atoms with Crippen molar-refractivity contribution < 1.29 is 0 Å². The molecule has 0 amide bonds. The molecule has 1 aromatic carbocycles. The molecule has 3 heteroatoms. The standard InChI is InChI=1S/C13H18N2S/c1-13(2,12(14)16)9-15-8-7-10-5-3-4-6-11(10)15/h3-6H,7-9H2,1-2H3,(H2,14,16). The van der Waals surface area contributed by atoms with Crippen molar-refractivity contribution in [3.8, 4) is 0 Å². The van der Waals surface area contributed by atoms with Gasteiger partial charge in [0.2, 0.25) is 0 Å². The van der Waals surface area contributed by atoms with E-state index in [1.54, 1.807) is 0 Å². The topological polar surface area (TPSA) is 29.3 Å². The molecule has 1 aromatic rings. The second-order valence-corrected chi connectivity index (χ2v) is 5.49. The molecule has 0 spiro atoms. The molecule has 86 valence electrons. The number of para-hydroxylation sites is 1. The van der Waals surface area contributed by atoms with E-state index in [1.165, 1.54) is 11.3 Å². The minimum Gasteiger partial charge on any atom is -0.393 e. The number of benzene rings is 1. The van der Waals surface area contributed by atoms with E-state index in [4.69, 9.17) is 18.0 Å². The van der Waals surface area contributed by atoms with Gasteiger partial charge in [0, 0.05) is 24.2 Å². The molecular formula is C13H18N2S. The molecule has 0 aromatic heterocycles. The van der Waals surface area contributed by atoms with Gasteiger partial charge in [-0.15, -0.1) is 0 Å². The van der Waals surface area contributed by atoms with E-state index in [-0.39, 0.29) is 5.41 Å². The molecule has 16 heavy (non-hydrogen) atoms. The molecular weight excluding hydrogens is 216 g/mol. The minimum atomic E-state index is -0.104. The maximum atomic E-state index is 5.77. The van der Waals surface area contributed by atoms with Crippen LogP contribution in [-0.2, 0) is 6.42 Å². The maximum Gasteiger partial charge on any atom is 0.0802 e. The van der Waals surface area contributed by atoms with Gasteiger partial charge in [0.15, 0.2) is 0 Å². The third-order valence-electron chi connectivity index (χ3n) is 3.24. The van der Waals surface area contributed by atoms with Crippen molar-refractivity contribution in [2.45, 2.75) is 20.3 Å². The Morgan fingerprint density at radius 1 is 1.44 bits per heavy atom. The Hall–Kier alpha value is -1.09. The molecule has 0 aliphatic carbocycles. The molecule has 1 aliphatic rings. The fourth-order valence-electron chi connectivity index (χ4n) is 2.13. The Bertz CT molecular complexity index is 412. The lowest BCUT2D eigenvalue weighted by molar-refractivity contribution is 0.516. The van der Waals surface area contributed by atoms with Crippen molar-refractivity contribution in [2.75, 3.05) is 18.0 Å². The quantitative estimate of drug-likeness (QED) is 0.814. The largest absolute Gasteiger partial charge is 0.393 e. The molecule has 0 saturated carbocycles. The zero-order chi connectivity index (χ0) is 11.8. The average Bonchev–Trinajstić information content (AvgIpc) is 2.61. The molecule has 2 rings (SSSR count). The molecule has 1 heterocycles. The minimum absolute atomic E-state index is 0.104. The van der Waals surface area contributed by atoms with E-state index in [9.17, 15) is 0 Å². The highest BCUT2D eigenvalue weighted by atomic mass is 32.1. The number of nitrogens with zero attached hydrogens (tertiary/aromatic N) is 1. The van der Waals surface area contributed by atoms with Crippen LogP contribution in [0.4, 0.5) is 5.69 Å². The van der Waals surface area contributed by atoms with Crippen LogP contribution < -0.4 is 10.6 Å². The first-order valence-electron chi connectivity index (χ1n) is 5.63. The predicted molar refractivity (Wildman–Crippen MR) is 72.9 cm³/mol. The van der Waals surface area contributed by atoms with E-state index in [0.29, 0.717) is 4.99 Å². The zero-order valence-electron chi connectivity index (χ0n) is 9.86. The van der Waals surface area contributed by atoms with Gasteiger partial charge >= 0.3 is 0 Å². The van der Waals surface area contributed by atoms with Crippen LogP contribution in [0.2, 0.25) is 0 Å². The van der Waals surface area contributed by atoms with E-state index in [1.807, 2.05) is 0 Å². The van der Waals surface area contributed by atoms with Crippen LogP contribution in [0.25, 0.3) is 0 Å². The molecule has 0 atom stereocenters. The van der Waals surface area contributed by atoms with Crippen LogP contribution >= 0.6 is 12.2 Å². The number of hydrogen-bond donors (Lipinski definition) is 1. The highest BCUT2D eigenvalue weighted by Gasteiger charge is 2.28. The second kappa shape index (κ2) is 4.06. The molecule has 2 N–H and O–H groups in total. The van der Waals surface area contributed by atoms with Gasteiger partial charge in [0.1, 0.15) is 0 Å². The van der Waals surface area contributed by atoms with Gasteiger partial charge in [-0.3, -0.25) is 0 Å². The summed E-state index contributed by atoms with van der Waals surface area (Å²) in [6.07, 6.45) is 1.13. The first-order valence-corrected chi connectivity index (χ1v) is 6.04. The van der Waals surface area contributed by atoms with Crippen LogP contribution in [0.5, 0.6) is 0 Å². The Morgan fingerprint density at radius 2 is 2.12 bits per heavy atom. The lowest BCUT2D eigenvalue weighted by Crippen LogP contribution is -2.41. The van der Waals surface area contributed by atoms with Crippen LogP contribution in [0, 0.1) is 5.41 Å². The van der Waals surface area contributed by atoms with Crippen LogP contribution in [-0.4, -0.2) is 18.1 Å². The number of nitrogens with two attached hydrogens (primary N) is 1. The van der Waals surface area contributed by atoms with Gasteiger partial charge in [-0.2, -0.15) is 0 Å². The fourth-order valence-corrected chi connectivity index (χ4v) is 2.19. The molecule has 0 radical (unpaired) electrons. The fraction of sp³-hybridized carbons (Fsp3) is 0.462. The summed E-state index contributed by atoms with van der Waals surface area (Å²) < 4.78 is 0. The summed E-state index contributed by atoms with van der Waals surface area (Å²) in [5.74, 6) is 0. The van der Waals surface area contributed by atoms with Crippen LogP contribution in [0.3, 0.4) is 0 Å². The van der Waals surface area contributed by atoms with E-state index < -0.39 is 0 Å². The van der Waals surface area contributed by atoms with Crippen molar-refractivity contribution in [1.29, 1.82) is 0 Å². The third-order valence-corrected chi connectivity index (χ3v) is 3.79. The van der Waals surface area contributed by atoms with Crippen molar-refractivity contribution in [3.63, 3.8) is 0 Å². The first kappa shape index (κ1) is 11.4. The number of rotatable bonds is 3. The maximum absolute atomic E-state index is 5.77. The second-order valence-electron chi connectivity index (χ2n) is 5.05.